The molecule has 0 aromatic rings. The monoisotopic (exact) mass is 272 g/mol. The number of aliphatic imine (C=N–C) groups is 1. The van der Waals surface area contributed by atoms with Gasteiger partial charge in [-0.1, -0.05) is 37.9 Å². The standard InChI is InChI=1S/C13H24N2S2/c1-3-11(9-16-2)14-12-15-13(10-17-12)7-5-4-6-8-13/h11H,3-10H2,1-2H3,(H,14,15). The molecule has 1 heterocycles. The molecule has 0 bridgehead atoms. The molecule has 1 aliphatic carbocycles. The number of hydrogen-bond acceptors (Lipinski definition) is 3. The van der Waals surface area contributed by atoms with Crippen LogP contribution in [0.5, 0.6) is 0 Å². The van der Waals surface area contributed by atoms with Gasteiger partial charge in [0.25, 0.3) is 0 Å². The molecule has 98 valence electrons. The van der Waals surface area contributed by atoms with Crippen molar-refractivity contribution in [2.45, 2.75) is 57.0 Å². The highest BCUT2D eigenvalue weighted by Crippen LogP contribution is 2.36. The van der Waals surface area contributed by atoms with Crippen LogP contribution in [0.25, 0.3) is 0 Å². The Labute approximate surface area is 114 Å². The molecule has 1 saturated heterocycles. The summed E-state index contributed by atoms with van der Waals surface area (Å²) >= 11 is 3.85. The molecule has 2 nitrogen and oxygen atoms in total. The largest absolute Gasteiger partial charge is 0.359 e. The van der Waals surface area contributed by atoms with Crippen molar-refractivity contribution < 1.29 is 0 Å². The van der Waals surface area contributed by atoms with Crippen molar-refractivity contribution in [3.8, 4) is 0 Å². The summed E-state index contributed by atoms with van der Waals surface area (Å²) in [7, 11) is 0. The van der Waals surface area contributed by atoms with E-state index < -0.39 is 0 Å². The molecule has 2 rings (SSSR count). The normalized spacial score (nSPS) is 27.3. The first kappa shape index (κ1) is 13.6. The summed E-state index contributed by atoms with van der Waals surface area (Å²) in [4.78, 5) is 4.88. The molecule has 1 N–H and O–H groups in total. The second-order valence-electron chi connectivity index (χ2n) is 5.21. The molecule has 1 saturated carbocycles. The maximum Gasteiger partial charge on any atom is 0.157 e. The molecule has 0 radical (unpaired) electrons. The molecule has 1 unspecified atom stereocenters. The highest BCUT2D eigenvalue weighted by atomic mass is 32.2. The molecule has 2 aliphatic rings. The molecular formula is C13H24N2S2. The second-order valence-corrected chi connectivity index (χ2v) is 7.08. The van der Waals surface area contributed by atoms with Crippen molar-refractivity contribution >= 4 is 28.7 Å². The second kappa shape index (κ2) is 6.37. The van der Waals surface area contributed by atoms with Gasteiger partial charge in [0.2, 0.25) is 0 Å². The maximum atomic E-state index is 4.88. The van der Waals surface area contributed by atoms with E-state index in [1.807, 2.05) is 23.5 Å². The van der Waals surface area contributed by atoms with Crippen LogP contribution in [0.15, 0.2) is 4.99 Å². The third-order valence-corrected chi connectivity index (χ3v) is 5.69. The van der Waals surface area contributed by atoms with Gasteiger partial charge in [0.1, 0.15) is 0 Å². The van der Waals surface area contributed by atoms with Crippen LogP contribution in [0.3, 0.4) is 0 Å². The van der Waals surface area contributed by atoms with Gasteiger partial charge < -0.3 is 5.32 Å². The minimum Gasteiger partial charge on any atom is -0.359 e. The molecule has 2 fully saturated rings. The minimum absolute atomic E-state index is 0.402. The zero-order valence-electron chi connectivity index (χ0n) is 11.0. The van der Waals surface area contributed by atoms with Crippen molar-refractivity contribution in [1.29, 1.82) is 0 Å². The molecule has 0 aromatic carbocycles. The first-order chi connectivity index (χ1) is 8.28. The van der Waals surface area contributed by atoms with Gasteiger partial charge in [-0.2, -0.15) is 11.8 Å². The van der Waals surface area contributed by atoms with Crippen LogP contribution >= 0.6 is 23.5 Å². The van der Waals surface area contributed by atoms with Crippen LogP contribution in [0.2, 0.25) is 0 Å². The van der Waals surface area contributed by atoms with E-state index in [2.05, 4.69) is 18.5 Å². The van der Waals surface area contributed by atoms with E-state index in [1.165, 1.54) is 43.0 Å². The number of thioether (sulfide) groups is 2. The number of rotatable bonds is 4. The van der Waals surface area contributed by atoms with E-state index in [4.69, 9.17) is 4.99 Å². The minimum atomic E-state index is 0.402. The van der Waals surface area contributed by atoms with Crippen molar-refractivity contribution in [2.75, 3.05) is 17.8 Å². The number of hydrogen-bond donors (Lipinski definition) is 1. The number of amidine groups is 1. The average molecular weight is 272 g/mol. The van der Waals surface area contributed by atoms with E-state index in [0.717, 1.165) is 12.2 Å². The highest BCUT2D eigenvalue weighted by molar-refractivity contribution is 8.14. The summed E-state index contributed by atoms with van der Waals surface area (Å²) in [6.07, 6.45) is 10.2. The summed E-state index contributed by atoms with van der Waals surface area (Å²) in [5, 5.41) is 4.95. The van der Waals surface area contributed by atoms with E-state index in [1.54, 1.807) is 0 Å². The van der Waals surface area contributed by atoms with Crippen LogP contribution in [-0.2, 0) is 0 Å². The molecule has 0 aromatic heterocycles. The number of nitrogens with zero attached hydrogens (tertiary/aromatic N) is 1. The van der Waals surface area contributed by atoms with Gasteiger partial charge >= 0.3 is 0 Å². The van der Waals surface area contributed by atoms with Gasteiger partial charge in [0, 0.05) is 17.0 Å². The van der Waals surface area contributed by atoms with Crippen LogP contribution in [-0.4, -0.2) is 34.5 Å². The lowest BCUT2D eigenvalue weighted by molar-refractivity contribution is 0.303. The van der Waals surface area contributed by atoms with Gasteiger partial charge in [0.05, 0.1) is 6.04 Å². The van der Waals surface area contributed by atoms with Crippen molar-refractivity contribution in [3.05, 3.63) is 0 Å². The summed E-state index contributed by atoms with van der Waals surface area (Å²) < 4.78 is 0. The Bertz CT molecular complexity index is 273. The quantitative estimate of drug-likeness (QED) is 0.847. The van der Waals surface area contributed by atoms with Crippen LogP contribution in [0, 0.1) is 0 Å². The zero-order valence-corrected chi connectivity index (χ0v) is 12.6. The fourth-order valence-corrected chi connectivity index (χ4v) is 4.66. The molecule has 1 spiro atoms. The van der Waals surface area contributed by atoms with Gasteiger partial charge in [-0.3, -0.25) is 4.99 Å². The van der Waals surface area contributed by atoms with Gasteiger partial charge in [-0.25, -0.2) is 0 Å². The topological polar surface area (TPSA) is 24.4 Å². The summed E-state index contributed by atoms with van der Waals surface area (Å²) in [5.41, 5.74) is 0.402. The average Bonchev–Trinajstić information content (AvgIpc) is 2.72. The summed E-state index contributed by atoms with van der Waals surface area (Å²) in [6, 6.07) is 0.499. The third-order valence-electron chi connectivity index (χ3n) is 3.80. The Kier molecular flexibility index (Phi) is 5.10. The van der Waals surface area contributed by atoms with Gasteiger partial charge in [-0.15, -0.1) is 0 Å². The first-order valence-electron chi connectivity index (χ1n) is 6.76. The summed E-state index contributed by atoms with van der Waals surface area (Å²) in [6.45, 7) is 2.24. The van der Waals surface area contributed by atoms with E-state index in [9.17, 15) is 0 Å². The van der Waals surface area contributed by atoms with Crippen molar-refractivity contribution in [1.82, 2.24) is 5.32 Å². The predicted molar refractivity (Wildman–Crippen MR) is 81.3 cm³/mol. The fourth-order valence-electron chi connectivity index (χ4n) is 2.68. The molecule has 1 aliphatic heterocycles. The Morgan fingerprint density at radius 3 is 2.82 bits per heavy atom. The van der Waals surface area contributed by atoms with Gasteiger partial charge in [0.15, 0.2) is 5.17 Å². The maximum absolute atomic E-state index is 4.88. The first-order valence-corrected chi connectivity index (χ1v) is 9.14. The summed E-state index contributed by atoms with van der Waals surface area (Å²) in [5.74, 6) is 2.39. The number of nitrogens with one attached hydrogen (secondary N) is 1. The van der Waals surface area contributed by atoms with Crippen LogP contribution in [0.1, 0.15) is 45.4 Å². The lowest BCUT2D eigenvalue weighted by Crippen LogP contribution is -2.45. The van der Waals surface area contributed by atoms with Crippen molar-refractivity contribution in [2.24, 2.45) is 4.99 Å². The molecular weight excluding hydrogens is 248 g/mol. The van der Waals surface area contributed by atoms with Crippen LogP contribution < -0.4 is 5.32 Å². The van der Waals surface area contributed by atoms with Crippen molar-refractivity contribution in [3.63, 3.8) is 0 Å². The molecule has 1 atom stereocenters. The Morgan fingerprint density at radius 2 is 2.18 bits per heavy atom. The molecule has 0 amide bonds. The lowest BCUT2D eigenvalue weighted by atomic mass is 9.83. The van der Waals surface area contributed by atoms with E-state index in [0.29, 0.717) is 11.6 Å². The van der Waals surface area contributed by atoms with Gasteiger partial charge in [-0.05, 0) is 25.5 Å². The lowest BCUT2D eigenvalue weighted by Gasteiger charge is -2.32. The molecule has 4 heteroatoms. The predicted octanol–water partition coefficient (Wildman–Crippen LogP) is 3.52. The Morgan fingerprint density at radius 1 is 1.41 bits per heavy atom. The third kappa shape index (κ3) is 3.57. The Hall–Kier alpha value is 0.170. The Balaban J connectivity index is 1.93. The highest BCUT2D eigenvalue weighted by Gasteiger charge is 2.38. The zero-order chi connectivity index (χ0) is 12.1. The molecule has 17 heavy (non-hydrogen) atoms. The van der Waals surface area contributed by atoms with Crippen LogP contribution in [0.4, 0.5) is 0 Å². The smallest absolute Gasteiger partial charge is 0.157 e. The SMILES string of the molecule is CCC(CSC)N=C1NC2(CCCCC2)CS1. The van der Waals surface area contributed by atoms with E-state index in [-0.39, 0.29) is 0 Å². The fraction of sp³-hybridized carbons (Fsp3) is 0.923. The van der Waals surface area contributed by atoms with E-state index >= 15 is 0 Å².